The molecule has 0 amide bonds. The van der Waals surface area contributed by atoms with Crippen molar-refractivity contribution in [1.82, 2.24) is 15.0 Å². The van der Waals surface area contributed by atoms with E-state index in [0.29, 0.717) is 0 Å². The largest absolute Gasteiger partial charge is 0.249 e. The van der Waals surface area contributed by atoms with Crippen LogP contribution in [0.3, 0.4) is 0 Å². The summed E-state index contributed by atoms with van der Waals surface area (Å²) in [5, 5.41) is 8.28. The maximum Gasteiger partial charge on any atom is 0.0725 e. The molecule has 0 atom stereocenters. The molecule has 0 aliphatic carbocycles. The number of aryl methyl sites for hydroxylation is 2. The first-order valence-electron chi connectivity index (χ1n) is 8.11. The second-order valence-electron chi connectivity index (χ2n) is 6.00. The van der Waals surface area contributed by atoms with Gasteiger partial charge >= 0.3 is 0 Å². The van der Waals surface area contributed by atoms with Gasteiger partial charge in [-0.1, -0.05) is 64.5 Å². The van der Waals surface area contributed by atoms with Crippen molar-refractivity contribution in [3.05, 3.63) is 11.9 Å². The van der Waals surface area contributed by atoms with Gasteiger partial charge in [0.15, 0.2) is 0 Å². The molecule has 0 bridgehead atoms. The maximum absolute atomic E-state index is 4.21. The molecule has 0 saturated carbocycles. The van der Waals surface area contributed by atoms with E-state index < -0.39 is 0 Å². The van der Waals surface area contributed by atoms with Gasteiger partial charge in [0.25, 0.3) is 0 Å². The van der Waals surface area contributed by atoms with Crippen molar-refractivity contribution >= 4 is 0 Å². The molecule has 1 aromatic heterocycles. The molecule has 0 spiro atoms. The van der Waals surface area contributed by atoms with E-state index in [4.69, 9.17) is 0 Å². The van der Waals surface area contributed by atoms with Crippen molar-refractivity contribution in [1.29, 1.82) is 0 Å². The lowest BCUT2D eigenvalue weighted by Gasteiger charge is -2.07. The van der Waals surface area contributed by atoms with Crippen LogP contribution in [0.1, 0.15) is 77.8 Å². The van der Waals surface area contributed by atoms with Gasteiger partial charge in [0.2, 0.25) is 0 Å². The summed E-state index contributed by atoms with van der Waals surface area (Å²) in [7, 11) is 0. The van der Waals surface area contributed by atoms with E-state index >= 15 is 0 Å². The van der Waals surface area contributed by atoms with Crippen molar-refractivity contribution in [2.45, 2.75) is 85.1 Å². The van der Waals surface area contributed by atoms with Crippen molar-refractivity contribution in [3.63, 3.8) is 0 Å². The van der Waals surface area contributed by atoms with Crippen LogP contribution in [-0.2, 0) is 13.0 Å². The summed E-state index contributed by atoms with van der Waals surface area (Å²) in [6.07, 6.45) is 13.6. The molecule has 0 fully saturated rings. The second kappa shape index (κ2) is 9.99. The van der Waals surface area contributed by atoms with E-state index in [2.05, 4.69) is 35.8 Å². The number of hydrogen-bond acceptors (Lipinski definition) is 2. The Morgan fingerprint density at radius 1 is 1.05 bits per heavy atom. The summed E-state index contributed by atoms with van der Waals surface area (Å²) in [4.78, 5) is 0. The zero-order valence-corrected chi connectivity index (χ0v) is 13.1. The van der Waals surface area contributed by atoms with Gasteiger partial charge in [-0.3, -0.25) is 0 Å². The third-order valence-corrected chi connectivity index (χ3v) is 3.64. The van der Waals surface area contributed by atoms with E-state index in [1.54, 1.807) is 0 Å². The standard InChI is InChI=1S/C16H31N3/c1-4-5-6-7-8-9-13-19-16(14-17-18-19)12-10-11-15(2)3/h14-15H,4-13H2,1-3H3. The molecule has 0 aliphatic heterocycles. The first-order valence-corrected chi connectivity index (χ1v) is 8.11. The Bertz CT molecular complexity index is 318. The Hall–Kier alpha value is -0.860. The molecule has 1 rings (SSSR count). The Kier molecular flexibility index (Phi) is 8.52. The minimum absolute atomic E-state index is 0.794. The number of aromatic nitrogens is 3. The second-order valence-corrected chi connectivity index (χ2v) is 6.00. The summed E-state index contributed by atoms with van der Waals surface area (Å²) in [5.41, 5.74) is 1.31. The highest BCUT2D eigenvalue weighted by molar-refractivity contribution is 4.93. The molecule has 1 aromatic rings. The van der Waals surface area contributed by atoms with Crippen LogP contribution in [0.5, 0.6) is 0 Å². The predicted molar refractivity (Wildman–Crippen MR) is 81.2 cm³/mol. The topological polar surface area (TPSA) is 30.7 Å². The number of nitrogens with zero attached hydrogens (tertiary/aromatic N) is 3. The average Bonchev–Trinajstić information content (AvgIpc) is 2.81. The van der Waals surface area contributed by atoms with E-state index in [9.17, 15) is 0 Å². The summed E-state index contributed by atoms with van der Waals surface area (Å²) in [5.74, 6) is 0.794. The minimum atomic E-state index is 0.794. The van der Waals surface area contributed by atoms with Crippen LogP contribution >= 0.6 is 0 Å². The lowest BCUT2D eigenvalue weighted by atomic mass is 10.1. The van der Waals surface area contributed by atoms with E-state index in [1.165, 1.54) is 57.1 Å². The fourth-order valence-electron chi connectivity index (χ4n) is 2.39. The monoisotopic (exact) mass is 265 g/mol. The third-order valence-electron chi connectivity index (χ3n) is 3.64. The molecule has 3 nitrogen and oxygen atoms in total. The van der Waals surface area contributed by atoms with Crippen molar-refractivity contribution in [3.8, 4) is 0 Å². The summed E-state index contributed by atoms with van der Waals surface area (Å²) in [6.45, 7) is 7.87. The van der Waals surface area contributed by atoms with Gasteiger partial charge in [0.05, 0.1) is 11.9 Å². The van der Waals surface area contributed by atoms with Crippen LogP contribution < -0.4 is 0 Å². The predicted octanol–water partition coefficient (Wildman–Crippen LogP) is 4.62. The smallest absolute Gasteiger partial charge is 0.0725 e. The zero-order chi connectivity index (χ0) is 13.9. The Balaban J connectivity index is 2.17. The quantitative estimate of drug-likeness (QED) is 0.547. The molecular weight excluding hydrogens is 234 g/mol. The highest BCUT2D eigenvalue weighted by atomic mass is 15.4. The lowest BCUT2D eigenvalue weighted by molar-refractivity contribution is 0.491. The molecular formula is C16H31N3. The maximum atomic E-state index is 4.21. The van der Waals surface area contributed by atoms with Crippen LogP contribution in [0.15, 0.2) is 6.20 Å². The molecule has 0 saturated heterocycles. The Labute approximate surface area is 118 Å². The zero-order valence-electron chi connectivity index (χ0n) is 13.1. The minimum Gasteiger partial charge on any atom is -0.249 e. The molecule has 3 heteroatoms. The first-order chi connectivity index (χ1) is 9.24. The SMILES string of the molecule is CCCCCCCCn1nncc1CCCC(C)C. The normalized spacial score (nSPS) is 11.4. The number of hydrogen-bond donors (Lipinski definition) is 0. The summed E-state index contributed by atoms with van der Waals surface area (Å²) < 4.78 is 2.11. The van der Waals surface area contributed by atoms with Crippen LogP contribution in [0.25, 0.3) is 0 Å². The van der Waals surface area contributed by atoms with Crippen molar-refractivity contribution < 1.29 is 0 Å². The summed E-state index contributed by atoms with van der Waals surface area (Å²) >= 11 is 0. The summed E-state index contributed by atoms with van der Waals surface area (Å²) in [6, 6.07) is 0. The van der Waals surface area contributed by atoms with E-state index in [0.717, 1.165) is 18.9 Å². The molecule has 0 N–H and O–H groups in total. The van der Waals surface area contributed by atoms with Crippen LogP contribution in [-0.4, -0.2) is 15.0 Å². The average molecular weight is 265 g/mol. The van der Waals surface area contributed by atoms with E-state index in [-0.39, 0.29) is 0 Å². The lowest BCUT2D eigenvalue weighted by Crippen LogP contribution is -2.06. The number of unbranched alkanes of at least 4 members (excludes halogenated alkanes) is 5. The van der Waals surface area contributed by atoms with Crippen molar-refractivity contribution in [2.75, 3.05) is 0 Å². The molecule has 1 heterocycles. The molecule has 0 radical (unpaired) electrons. The van der Waals surface area contributed by atoms with Gasteiger partial charge in [-0.05, 0) is 25.2 Å². The number of rotatable bonds is 11. The highest BCUT2D eigenvalue weighted by Crippen LogP contribution is 2.11. The fourth-order valence-corrected chi connectivity index (χ4v) is 2.39. The van der Waals surface area contributed by atoms with Gasteiger partial charge in [-0.15, -0.1) is 5.10 Å². The molecule has 110 valence electrons. The Morgan fingerprint density at radius 3 is 2.53 bits per heavy atom. The van der Waals surface area contributed by atoms with Crippen LogP contribution in [0.2, 0.25) is 0 Å². The van der Waals surface area contributed by atoms with Crippen LogP contribution in [0.4, 0.5) is 0 Å². The van der Waals surface area contributed by atoms with Gasteiger partial charge in [-0.2, -0.15) is 0 Å². The van der Waals surface area contributed by atoms with Gasteiger partial charge in [-0.25, -0.2) is 4.68 Å². The van der Waals surface area contributed by atoms with Crippen molar-refractivity contribution in [2.24, 2.45) is 5.92 Å². The molecule has 0 unspecified atom stereocenters. The van der Waals surface area contributed by atoms with E-state index in [1.807, 2.05) is 6.20 Å². The highest BCUT2D eigenvalue weighted by Gasteiger charge is 2.04. The molecule has 0 aromatic carbocycles. The fraction of sp³-hybridized carbons (Fsp3) is 0.875. The molecule has 0 aliphatic rings. The third kappa shape index (κ3) is 7.34. The van der Waals surface area contributed by atoms with Gasteiger partial charge < -0.3 is 0 Å². The first kappa shape index (κ1) is 16.2. The van der Waals surface area contributed by atoms with Gasteiger partial charge in [0, 0.05) is 6.54 Å². The Morgan fingerprint density at radius 2 is 1.79 bits per heavy atom. The van der Waals surface area contributed by atoms with Crippen LogP contribution in [0, 0.1) is 5.92 Å². The van der Waals surface area contributed by atoms with Gasteiger partial charge in [0.1, 0.15) is 0 Å². The molecule has 19 heavy (non-hydrogen) atoms.